The Morgan fingerprint density at radius 2 is 1.95 bits per heavy atom. The number of benzene rings is 2. The van der Waals surface area contributed by atoms with Gasteiger partial charge in [-0.05, 0) is 29.3 Å². The molecule has 102 valence electrons. The van der Waals surface area contributed by atoms with Crippen LogP contribution >= 0.6 is 11.6 Å². The van der Waals surface area contributed by atoms with Crippen LogP contribution in [-0.2, 0) is 0 Å². The number of aliphatic imine (C=N–C) groups is 1. The number of fused-ring (bicyclic) bond motifs is 1. The minimum absolute atomic E-state index is 0.108. The SMILES string of the molecule is CN=C1CNC(c2ccccc2)c2cc(Cl)ccc2N1. The molecule has 0 aromatic heterocycles. The molecular weight excluding hydrogens is 270 g/mol. The molecule has 1 aliphatic rings. The van der Waals surface area contributed by atoms with Crippen molar-refractivity contribution in [3.8, 4) is 0 Å². The lowest BCUT2D eigenvalue weighted by molar-refractivity contribution is 0.671. The number of halogens is 1. The zero-order valence-corrected chi connectivity index (χ0v) is 12.0. The molecule has 2 aromatic carbocycles. The molecule has 2 aromatic rings. The van der Waals surface area contributed by atoms with Gasteiger partial charge < -0.3 is 5.32 Å². The highest BCUT2D eigenvalue weighted by molar-refractivity contribution is 6.30. The van der Waals surface area contributed by atoms with Gasteiger partial charge in [0.05, 0.1) is 12.6 Å². The third-order valence-corrected chi connectivity index (χ3v) is 3.72. The van der Waals surface area contributed by atoms with Crippen LogP contribution in [0.2, 0.25) is 5.02 Å². The second-order valence-electron chi connectivity index (χ2n) is 4.75. The standard InChI is InChI=1S/C16H16ClN3/c1-18-15-10-19-16(11-5-3-2-4-6-11)13-9-12(17)7-8-14(13)20-15/h2-9,16,19H,10H2,1H3,(H,18,20). The van der Waals surface area contributed by atoms with Gasteiger partial charge in [0, 0.05) is 17.8 Å². The van der Waals surface area contributed by atoms with Gasteiger partial charge in [-0.3, -0.25) is 10.3 Å². The summed E-state index contributed by atoms with van der Waals surface area (Å²) in [6.07, 6.45) is 0. The first-order chi connectivity index (χ1) is 9.78. The van der Waals surface area contributed by atoms with Gasteiger partial charge in [0.15, 0.2) is 0 Å². The van der Waals surface area contributed by atoms with Crippen LogP contribution in [0.1, 0.15) is 17.2 Å². The second kappa shape index (κ2) is 5.65. The van der Waals surface area contributed by atoms with Crippen LogP contribution in [0, 0.1) is 0 Å². The molecule has 3 nitrogen and oxygen atoms in total. The van der Waals surface area contributed by atoms with Crippen molar-refractivity contribution in [1.29, 1.82) is 0 Å². The molecule has 20 heavy (non-hydrogen) atoms. The second-order valence-corrected chi connectivity index (χ2v) is 5.19. The number of amidine groups is 1. The fourth-order valence-corrected chi connectivity index (χ4v) is 2.65. The smallest absolute Gasteiger partial charge is 0.114 e. The van der Waals surface area contributed by atoms with E-state index in [9.17, 15) is 0 Å². The topological polar surface area (TPSA) is 36.4 Å². The summed E-state index contributed by atoms with van der Waals surface area (Å²) in [4.78, 5) is 4.27. The van der Waals surface area contributed by atoms with Crippen LogP contribution in [-0.4, -0.2) is 19.4 Å². The molecule has 1 atom stereocenters. The zero-order chi connectivity index (χ0) is 13.9. The third kappa shape index (κ3) is 2.55. The van der Waals surface area contributed by atoms with Gasteiger partial charge in [0.1, 0.15) is 5.84 Å². The van der Waals surface area contributed by atoms with E-state index in [2.05, 4.69) is 27.8 Å². The first kappa shape index (κ1) is 13.2. The molecule has 0 saturated carbocycles. The molecule has 0 fully saturated rings. The Labute approximate surface area is 123 Å². The first-order valence-electron chi connectivity index (χ1n) is 6.58. The van der Waals surface area contributed by atoms with Gasteiger partial charge in [-0.1, -0.05) is 41.9 Å². The average molecular weight is 286 g/mol. The average Bonchev–Trinajstić information content (AvgIpc) is 2.67. The van der Waals surface area contributed by atoms with E-state index < -0.39 is 0 Å². The van der Waals surface area contributed by atoms with Crippen LogP contribution in [0.3, 0.4) is 0 Å². The largest absolute Gasteiger partial charge is 0.343 e. The van der Waals surface area contributed by atoms with Crippen LogP contribution < -0.4 is 10.6 Å². The first-order valence-corrected chi connectivity index (χ1v) is 6.96. The zero-order valence-electron chi connectivity index (χ0n) is 11.2. The normalized spacial score (nSPS) is 20.1. The van der Waals surface area contributed by atoms with Crippen LogP contribution in [0.25, 0.3) is 0 Å². The van der Waals surface area contributed by atoms with Gasteiger partial charge in [0.2, 0.25) is 0 Å². The molecule has 1 heterocycles. The number of anilines is 1. The lowest BCUT2D eigenvalue weighted by Gasteiger charge is -2.18. The fourth-order valence-electron chi connectivity index (χ4n) is 2.47. The van der Waals surface area contributed by atoms with Crippen molar-refractivity contribution in [2.75, 3.05) is 18.9 Å². The van der Waals surface area contributed by atoms with Crippen LogP contribution in [0.4, 0.5) is 5.69 Å². The highest BCUT2D eigenvalue weighted by Crippen LogP contribution is 2.32. The van der Waals surface area contributed by atoms with Crippen molar-refractivity contribution >= 4 is 23.1 Å². The third-order valence-electron chi connectivity index (χ3n) is 3.48. The predicted octanol–water partition coefficient (Wildman–Crippen LogP) is 3.47. The predicted molar refractivity (Wildman–Crippen MR) is 84.7 cm³/mol. The summed E-state index contributed by atoms with van der Waals surface area (Å²) in [6.45, 7) is 0.697. The molecule has 0 bridgehead atoms. The fraction of sp³-hybridized carbons (Fsp3) is 0.188. The Morgan fingerprint density at radius 1 is 1.15 bits per heavy atom. The van der Waals surface area contributed by atoms with Crippen LogP contribution in [0.15, 0.2) is 53.5 Å². The number of hydrogen-bond acceptors (Lipinski definition) is 2. The van der Waals surface area contributed by atoms with E-state index in [-0.39, 0.29) is 6.04 Å². The summed E-state index contributed by atoms with van der Waals surface area (Å²) >= 11 is 6.17. The van der Waals surface area contributed by atoms with E-state index in [1.54, 1.807) is 7.05 Å². The maximum Gasteiger partial charge on any atom is 0.114 e. The summed E-state index contributed by atoms with van der Waals surface area (Å²) < 4.78 is 0. The Morgan fingerprint density at radius 3 is 2.70 bits per heavy atom. The maximum atomic E-state index is 6.17. The Hall–Kier alpha value is -1.84. The summed E-state index contributed by atoms with van der Waals surface area (Å²) in [5.41, 5.74) is 3.41. The summed E-state index contributed by atoms with van der Waals surface area (Å²) in [7, 11) is 1.79. The minimum Gasteiger partial charge on any atom is -0.343 e. The summed E-state index contributed by atoms with van der Waals surface area (Å²) in [5, 5.41) is 7.64. The van der Waals surface area contributed by atoms with Gasteiger partial charge in [-0.25, -0.2) is 0 Å². The molecular formula is C16H16ClN3. The maximum absolute atomic E-state index is 6.17. The quantitative estimate of drug-likeness (QED) is 0.842. The minimum atomic E-state index is 0.108. The van der Waals surface area contributed by atoms with E-state index in [1.165, 1.54) is 5.56 Å². The molecule has 1 unspecified atom stereocenters. The molecule has 1 aliphatic heterocycles. The van der Waals surface area contributed by atoms with Gasteiger partial charge in [-0.2, -0.15) is 0 Å². The van der Waals surface area contributed by atoms with Crippen molar-refractivity contribution in [2.45, 2.75) is 6.04 Å². The monoisotopic (exact) mass is 285 g/mol. The Balaban J connectivity index is 2.10. The molecule has 0 aliphatic carbocycles. The summed E-state index contributed by atoms with van der Waals surface area (Å²) in [6, 6.07) is 16.4. The van der Waals surface area contributed by atoms with E-state index >= 15 is 0 Å². The van der Waals surface area contributed by atoms with Crippen molar-refractivity contribution in [1.82, 2.24) is 5.32 Å². The molecule has 4 heteroatoms. The lowest BCUT2D eigenvalue weighted by Crippen LogP contribution is -2.28. The van der Waals surface area contributed by atoms with Gasteiger partial charge in [0.25, 0.3) is 0 Å². The Kier molecular flexibility index (Phi) is 3.72. The number of rotatable bonds is 1. The van der Waals surface area contributed by atoms with Crippen molar-refractivity contribution < 1.29 is 0 Å². The van der Waals surface area contributed by atoms with E-state index in [0.717, 1.165) is 22.1 Å². The van der Waals surface area contributed by atoms with Crippen molar-refractivity contribution in [3.05, 3.63) is 64.7 Å². The van der Waals surface area contributed by atoms with E-state index in [0.29, 0.717) is 6.54 Å². The molecule has 0 amide bonds. The molecule has 3 rings (SSSR count). The molecule has 0 radical (unpaired) electrons. The van der Waals surface area contributed by atoms with Crippen molar-refractivity contribution in [3.63, 3.8) is 0 Å². The summed E-state index contributed by atoms with van der Waals surface area (Å²) in [5.74, 6) is 0.923. The van der Waals surface area contributed by atoms with Crippen molar-refractivity contribution in [2.24, 2.45) is 4.99 Å². The van der Waals surface area contributed by atoms with Crippen LogP contribution in [0.5, 0.6) is 0 Å². The van der Waals surface area contributed by atoms with Gasteiger partial charge in [-0.15, -0.1) is 0 Å². The lowest BCUT2D eigenvalue weighted by atomic mass is 9.97. The highest BCUT2D eigenvalue weighted by Gasteiger charge is 2.21. The highest BCUT2D eigenvalue weighted by atomic mass is 35.5. The number of nitrogens with zero attached hydrogens (tertiary/aromatic N) is 1. The van der Waals surface area contributed by atoms with E-state index in [1.807, 2.05) is 36.4 Å². The van der Waals surface area contributed by atoms with E-state index in [4.69, 9.17) is 11.6 Å². The number of nitrogens with one attached hydrogen (secondary N) is 2. The molecule has 0 spiro atoms. The Bertz CT molecular complexity index is 637. The number of hydrogen-bond donors (Lipinski definition) is 2. The molecule has 0 saturated heterocycles. The molecule has 2 N–H and O–H groups in total. The van der Waals surface area contributed by atoms with Gasteiger partial charge >= 0.3 is 0 Å².